The molecule has 0 aliphatic carbocycles. The van der Waals surface area contributed by atoms with Crippen LogP contribution in [0.3, 0.4) is 0 Å². The molecule has 2 N–H and O–H groups in total. The molecule has 0 aromatic heterocycles. The van der Waals surface area contributed by atoms with E-state index >= 15 is 0 Å². The summed E-state index contributed by atoms with van der Waals surface area (Å²) in [5.74, 6) is 2.36. The summed E-state index contributed by atoms with van der Waals surface area (Å²) in [6.07, 6.45) is 3.94. The fourth-order valence-electron chi connectivity index (χ4n) is 3.66. The Morgan fingerprint density at radius 1 is 1.25 bits per heavy atom. The van der Waals surface area contributed by atoms with Gasteiger partial charge in [-0.3, -0.25) is 9.79 Å². The number of rotatable bonds is 7. The van der Waals surface area contributed by atoms with Crippen molar-refractivity contribution in [2.75, 3.05) is 25.4 Å². The average Bonchev–Trinajstić information content (AvgIpc) is 3.29. The zero-order valence-electron chi connectivity index (χ0n) is 17.0. The number of nitrogens with zero attached hydrogens (tertiary/aromatic N) is 2. The van der Waals surface area contributed by atoms with Crippen molar-refractivity contribution >= 4 is 47.6 Å². The van der Waals surface area contributed by atoms with E-state index in [4.69, 9.17) is 4.99 Å². The molecule has 28 heavy (non-hydrogen) atoms. The van der Waals surface area contributed by atoms with E-state index in [1.165, 1.54) is 29.7 Å². The molecule has 2 aliphatic heterocycles. The van der Waals surface area contributed by atoms with Crippen molar-refractivity contribution in [3.05, 3.63) is 35.4 Å². The standard InChI is InChI=1S/C21H32N4OS.HI/c1-3-22-20(24-16-21(2)11-7-13-27-21)23-12-6-10-19(26)25-14-17-8-4-5-9-18(17)15-25;/h4-5,8-9H,3,6-7,10-16H2,1-2H3,(H2,22,23,24);1H. The van der Waals surface area contributed by atoms with E-state index in [2.05, 4.69) is 36.6 Å². The van der Waals surface area contributed by atoms with E-state index in [1.54, 1.807) is 0 Å². The third-order valence-electron chi connectivity index (χ3n) is 5.27. The summed E-state index contributed by atoms with van der Waals surface area (Å²) < 4.78 is 0.281. The second-order valence-electron chi connectivity index (χ2n) is 7.65. The molecule has 1 aromatic rings. The highest BCUT2D eigenvalue weighted by Crippen LogP contribution is 2.37. The van der Waals surface area contributed by atoms with Crippen molar-refractivity contribution in [2.24, 2.45) is 4.99 Å². The van der Waals surface area contributed by atoms with Crippen molar-refractivity contribution in [3.63, 3.8) is 0 Å². The highest BCUT2D eigenvalue weighted by atomic mass is 127. The molecule has 1 saturated heterocycles. The molecule has 3 rings (SSSR count). The van der Waals surface area contributed by atoms with Crippen LogP contribution in [0.4, 0.5) is 0 Å². The van der Waals surface area contributed by atoms with Crippen LogP contribution < -0.4 is 10.6 Å². The van der Waals surface area contributed by atoms with Gasteiger partial charge in [0.25, 0.3) is 0 Å². The number of carbonyl (C=O) groups excluding carboxylic acids is 1. The molecule has 1 aromatic carbocycles. The zero-order valence-corrected chi connectivity index (χ0v) is 20.1. The first-order valence-corrected chi connectivity index (χ1v) is 11.1. The van der Waals surface area contributed by atoms with Gasteiger partial charge in [-0.2, -0.15) is 11.8 Å². The second-order valence-corrected chi connectivity index (χ2v) is 9.33. The number of guanidine groups is 1. The quantitative estimate of drug-likeness (QED) is 0.251. The molecule has 5 nitrogen and oxygen atoms in total. The Morgan fingerprint density at radius 3 is 2.57 bits per heavy atom. The Morgan fingerprint density at radius 2 is 1.96 bits per heavy atom. The Kier molecular flexibility index (Phi) is 9.40. The van der Waals surface area contributed by atoms with Crippen LogP contribution in [0.2, 0.25) is 0 Å². The number of hydrogen-bond acceptors (Lipinski definition) is 3. The number of fused-ring (bicyclic) bond motifs is 1. The lowest BCUT2D eigenvalue weighted by Gasteiger charge is -2.21. The van der Waals surface area contributed by atoms with E-state index in [0.29, 0.717) is 6.42 Å². The molecular weight excluding hydrogens is 483 g/mol. The molecule has 2 heterocycles. The minimum absolute atomic E-state index is 0. The molecule has 0 spiro atoms. The lowest BCUT2D eigenvalue weighted by atomic mass is 10.1. The Labute approximate surface area is 190 Å². The van der Waals surface area contributed by atoms with Gasteiger partial charge in [0.05, 0.1) is 6.54 Å². The highest BCUT2D eigenvalue weighted by molar-refractivity contribution is 14.0. The van der Waals surface area contributed by atoms with Gasteiger partial charge < -0.3 is 15.5 Å². The first kappa shape index (κ1) is 23.3. The molecule has 2 aliphatic rings. The maximum absolute atomic E-state index is 12.5. The summed E-state index contributed by atoms with van der Waals surface area (Å²) >= 11 is 2.03. The van der Waals surface area contributed by atoms with Crippen LogP contribution in [0.5, 0.6) is 0 Å². The van der Waals surface area contributed by atoms with Gasteiger partial charge in [-0.05, 0) is 50.0 Å². The van der Waals surface area contributed by atoms with Gasteiger partial charge in [0.15, 0.2) is 5.96 Å². The Bertz CT molecular complexity index is 651. The molecular formula is C21H33IN4OS. The second kappa shape index (κ2) is 11.3. The number of carbonyl (C=O) groups is 1. The first-order chi connectivity index (χ1) is 13.1. The third kappa shape index (κ3) is 6.54. The van der Waals surface area contributed by atoms with Crippen molar-refractivity contribution in [2.45, 2.75) is 57.4 Å². The fourth-order valence-corrected chi connectivity index (χ4v) is 4.89. The summed E-state index contributed by atoms with van der Waals surface area (Å²) in [6, 6.07) is 8.32. The van der Waals surface area contributed by atoms with Crippen LogP contribution >= 0.6 is 35.7 Å². The predicted molar refractivity (Wildman–Crippen MR) is 129 cm³/mol. The van der Waals surface area contributed by atoms with Gasteiger partial charge in [0, 0.05) is 37.3 Å². The molecule has 0 radical (unpaired) electrons. The largest absolute Gasteiger partial charge is 0.357 e. The summed E-state index contributed by atoms with van der Waals surface area (Å²) in [6.45, 7) is 8.36. The van der Waals surface area contributed by atoms with Gasteiger partial charge in [-0.1, -0.05) is 24.3 Å². The number of hydrogen-bond donors (Lipinski definition) is 2. The fraction of sp³-hybridized carbons (Fsp3) is 0.619. The molecule has 7 heteroatoms. The van der Waals surface area contributed by atoms with Crippen molar-refractivity contribution in [1.82, 2.24) is 15.5 Å². The monoisotopic (exact) mass is 516 g/mol. The van der Waals surface area contributed by atoms with Crippen LogP contribution in [0, 0.1) is 0 Å². The van der Waals surface area contributed by atoms with Gasteiger partial charge in [0.1, 0.15) is 0 Å². The van der Waals surface area contributed by atoms with E-state index in [0.717, 1.165) is 45.1 Å². The molecule has 1 amide bonds. The van der Waals surface area contributed by atoms with E-state index in [-0.39, 0.29) is 34.6 Å². The third-order valence-corrected chi connectivity index (χ3v) is 6.79. The number of benzene rings is 1. The topological polar surface area (TPSA) is 56.7 Å². The lowest BCUT2D eigenvalue weighted by Crippen LogP contribution is -2.39. The van der Waals surface area contributed by atoms with Gasteiger partial charge in [-0.15, -0.1) is 24.0 Å². The van der Waals surface area contributed by atoms with Gasteiger partial charge >= 0.3 is 0 Å². The minimum atomic E-state index is 0. The Balaban J connectivity index is 0.00000280. The van der Waals surface area contributed by atoms with E-state index in [9.17, 15) is 4.79 Å². The van der Waals surface area contributed by atoms with Gasteiger partial charge in [-0.25, -0.2) is 0 Å². The normalized spacial score (nSPS) is 21.2. The number of thioether (sulfide) groups is 1. The van der Waals surface area contributed by atoms with Crippen molar-refractivity contribution in [3.8, 4) is 0 Å². The number of nitrogens with one attached hydrogen (secondary N) is 2. The SMILES string of the molecule is CCNC(=NCC1(C)CCCS1)NCCCC(=O)N1Cc2ccccc2C1.I. The van der Waals surface area contributed by atoms with Crippen LogP contribution in [-0.2, 0) is 17.9 Å². The molecule has 0 saturated carbocycles. The number of aliphatic imine (C=N–C) groups is 1. The molecule has 156 valence electrons. The van der Waals surface area contributed by atoms with Gasteiger partial charge in [0.2, 0.25) is 5.91 Å². The van der Waals surface area contributed by atoms with E-state index in [1.807, 2.05) is 28.8 Å². The summed E-state index contributed by atoms with van der Waals surface area (Å²) in [5, 5.41) is 6.70. The van der Waals surface area contributed by atoms with Crippen LogP contribution in [0.25, 0.3) is 0 Å². The van der Waals surface area contributed by atoms with Crippen LogP contribution in [0.15, 0.2) is 29.3 Å². The minimum Gasteiger partial charge on any atom is -0.357 e. The molecule has 1 fully saturated rings. The summed E-state index contributed by atoms with van der Waals surface area (Å²) in [7, 11) is 0. The zero-order chi connectivity index (χ0) is 19.1. The predicted octanol–water partition coefficient (Wildman–Crippen LogP) is 3.77. The van der Waals surface area contributed by atoms with Crippen molar-refractivity contribution in [1.29, 1.82) is 0 Å². The number of amides is 1. The summed E-state index contributed by atoms with van der Waals surface area (Å²) in [5.41, 5.74) is 2.56. The summed E-state index contributed by atoms with van der Waals surface area (Å²) in [4.78, 5) is 19.2. The molecule has 1 atom stereocenters. The lowest BCUT2D eigenvalue weighted by molar-refractivity contribution is -0.131. The maximum atomic E-state index is 12.5. The maximum Gasteiger partial charge on any atom is 0.223 e. The van der Waals surface area contributed by atoms with Crippen LogP contribution in [0.1, 0.15) is 50.7 Å². The van der Waals surface area contributed by atoms with E-state index < -0.39 is 0 Å². The highest BCUT2D eigenvalue weighted by Gasteiger charge is 2.29. The molecule has 1 unspecified atom stereocenters. The van der Waals surface area contributed by atoms with Crippen LogP contribution in [-0.4, -0.2) is 46.9 Å². The smallest absolute Gasteiger partial charge is 0.223 e. The Hall–Kier alpha value is -0.960. The average molecular weight is 516 g/mol. The van der Waals surface area contributed by atoms with Crippen molar-refractivity contribution < 1.29 is 4.79 Å². The first-order valence-electron chi connectivity index (χ1n) is 10.1. The number of halogens is 1. The molecule has 0 bridgehead atoms.